The summed E-state index contributed by atoms with van der Waals surface area (Å²) in [5.41, 5.74) is 1.66. The van der Waals surface area contributed by atoms with Crippen molar-refractivity contribution in [2.24, 2.45) is 12.0 Å². The Hall–Kier alpha value is -2.37. The number of aromatic nitrogens is 3. The summed E-state index contributed by atoms with van der Waals surface area (Å²) < 4.78 is 2.02. The molecule has 0 aliphatic heterocycles. The number of hydrogen-bond donors (Lipinski definition) is 2. The highest BCUT2D eigenvalue weighted by molar-refractivity contribution is 5.80. The van der Waals surface area contributed by atoms with Crippen LogP contribution in [0, 0.1) is 6.92 Å². The van der Waals surface area contributed by atoms with Gasteiger partial charge in [0, 0.05) is 25.0 Å². The minimum atomic E-state index is 0.206. The highest BCUT2D eigenvalue weighted by Crippen LogP contribution is 2.40. The predicted octanol–water partition coefficient (Wildman–Crippen LogP) is 4.00. The molecule has 4 rings (SSSR count). The lowest BCUT2D eigenvalue weighted by atomic mass is 9.79. The predicted molar refractivity (Wildman–Crippen MR) is 121 cm³/mol. The largest absolute Gasteiger partial charge is 0.355 e. The second-order valence-corrected chi connectivity index (χ2v) is 9.07. The zero-order valence-electron chi connectivity index (χ0n) is 18.5. The quantitative estimate of drug-likeness (QED) is 0.560. The summed E-state index contributed by atoms with van der Waals surface area (Å²) in [5, 5.41) is 15.9. The maximum absolute atomic E-state index is 4.92. The average Bonchev–Trinajstić information content (AvgIpc) is 3.40. The molecule has 162 valence electrons. The first-order valence-electron chi connectivity index (χ1n) is 11.6. The molecule has 2 aliphatic rings. The summed E-state index contributed by atoms with van der Waals surface area (Å²) in [7, 11) is 2.00. The summed E-state index contributed by atoms with van der Waals surface area (Å²) in [4.78, 5) is 4.92. The lowest BCUT2D eigenvalue weighted by Gasteiger charge is -2.32. The Morgan fingerprint density at radius 2 is 1.80 bits per heavy atom. The van der Waals surface area contributed by atoms with E-state index in [1.165, 1.54) is 63.4 Å². The molecule has 2 aliphatic carbocycles. The third kappa shape index (κ3) is 4.85. The number of aliphatic imine (C=N–C) groups is 1. The van der Waals surface area contributed by atoms with E-state index < -0.39 is 0 Å². The summed E-state index contributed by atoms with van der Waals surface area (Å²) in [6.07, 6.45) is 11.5. The van der Waals surface area contributed by atoms with Gasteiger partial charge in [0.25, 0.3) is 0 Å². The zero-order valence-corrected chi connectivity index (χ0v) is 18.5. The number of rotatable bonds is 6. The van der Waals surface area contributed by atoms with Crippen LogP contribution in [0.1, 0.15) is 75.0 Å². The summed E-state index contributed by atoms with van der Waals surface area (Å²) >= 11 is 0. The van der Waals surface area contributed by atoms with Crippen LogP contribution in [0.4, 0.5) is 0 Å². The van der Waals surface area contributed by atoms with Crippen LogP contribution < -0.4 is 10.6 Å². The number of nitrogens with zero attached hydrogens (tertiary/aromatic N) is 4. The summed E-state index contributed by atoms with van der Waals surface area (Å²) in [6.45, 7) is 3.44. The van der Waals surface area contributed by atoms with Gasteiger partial charge < -0.3 is 15.2 Å². The minimum Gasteiger partial charge on any atom is -0.355 e. The van der Waals surface area contributed by atoms with E-state index in [2.05, 4.69) is 51.2 Å². The molecule has 2 saturated carbocycles. The number of nitrogens with one attached hydrogen (secondary N) is 2. The molecule has 0 atom stereocenters. The average molecular weight is 409 g/mol. The van der Waals surface area contributed by atoms with Crippen molar-refractivity contribution in [2.45, 2.75) is 82.7 Å². The van der Waals surface area contributed by atoms with Gasteiger partial charge in [-0.3, -0.25) is 0 Å². The minimum absolute atomic E-state index is 0.206. The summed E-state index contributed by atoms with van der Waals surface area (Å²) in [6, 6.07) is 11.5. The van der Waals surface area contributed by atoms with Gasteiger partial charge in [0.15, 0.2) is 11.8 Å². The Balaban J connectivity index is 1.49. The van der Waals surface area contributed by atoms with E-state index in [1.54, 1.807) is 0 Å². The lowest BCUT2D eigenvalue weighted by molar-refractivity contribution is 0.400. The topological polar surface area (TPSA) is 67.1 Å². The number of hydrogen-bond acceptors (Lipinski definition) is 3. The maximum Gasteiger partial charge on any atom is 0.191 e. The van der Waals surface area contributed by atoms with E-state index in [-0.39, 0.29) is 5.41 Å². The van der Waals surface area contributed by atoms with Crippen LogP contribution in [0.25, 0.3) is 0 Å². The lowest BCUT2D eigenvalue weighted by Crippen LogP contribution is -2.48. The molecule has 0 amide bonds. The number of guanidine groups is 1. The molecule has 0 bridgehead atoms. The van der Waals surface area contributed by atoms with Crippen molar-refractivity contribution in [3.8, 4) is 0 Å². The molecule has 6 heteroatoms. The fourth-order valence-corrected chi connectivity index (χ4v) is 5.00. The third-order valence-electron chi connectivity index (χ3n) is 7.05. The molecule has 1 heterocycles. The van der Waals surface area contributed by atoms with E-state index in [1.807, 2.05) is 18.5 Å². The van der Waals surface area contributed by atoms with Crippen molar-refractivity contribution in [3.05, 3.63) is 47.5 Å². The monoisotopic (exact) mass is 408 g/mol. The second kappa shape index (κ2) is 9.63. The first-order chi connectivity index (χ1) is 14.7. The Morgan fingerprint density at radius 1 is 1.07 bits per heavy atom. The van der Waals surface area contributed by atoms with Crippen LogP contribution in [0.5, 0.6) is 0 Å². The van der Waals surface area contributed by atoms with Crippen LogP contribution in [-0.2, 0) is 19.0 Å². The van der Waals surface area contributed by atoms with E-state index in [4.69, 9.17) is 4.99 Å². The van der Waals surface area contributed by atoms with Crippen LogP contribution >= 0.6 is 0 Å². The smallest absolute Gasteiger partial charge is 0.191 e. The first kappa shape index (κ1) is 20.9. The summed E-state index contributed by atoms with van der Waals surface area (Å²) in [5.74, 6) is 2.74. The van der Waals surface area contributed by atoms with Crippen LogP contribution in [0.2, 0.25) is 0 Å². The van der Waals surface area contributed by atoms with Crippen molar-refractivity contribution >= 4 is 5.96 Å². The van der Waals surface area contributed by atoms with Crippen molar-refractivity contribution in [1.82, 2.24) is 25.4 Å². The van der Waals surface area contributed by atoms with E-state index in [9.17, 15) is 0 Å². The van der Waals surface area contributed by atoms with Gasteiger partial charge in [-0.15, -0.1) is 10.2 Å². The molecule has 2 aromatic rings. The van der Waals surface area contributed by atoms with E-state index >= 15 is 0 Å². The molecule has 0 saturated heterocycles. The SMILES string of the molecule is Cc1nnc(CN=C(NCC2(c3ccccc3)CCCC2)NC2CCCCC2)n1C. The van der Waals surface area contributed by atoms with Crippen LogP contribution in [-0.4, -0.2) is 33.3 Å². The molecule has 1 aromatic heterocycles. The van der Waals surface area contributed by atoms with Gasteiger partial charge >= 0.3 is 0 Å². The Bertz CT molecular complexity index is 829. The molecule has 2 N–H and O–H groups in total. The standard InChI is InChI=1S/C24H36N6/c1-19-28-29-22(30(19)2)17-25-23(27-21-13-7-4-8-14-21)26-18-24(15-9-10-16-24)20-11-5-3-6-12-20/h3,5-6,11-12,21H,4,7-10,13-18H2,1-2H3,(H2,25,26,27). The van der Waals surface area contributed by atoms with Gasteiger partial charge in [-0.1, -0.05) is 62.4 Å². The highest BCUT2D eigenvalue weighted by Gasteiger charge is 2.35. The highest BCUT2D eigenvalue weighted by atomic mass is 15.3. The van der Waals surface area contributed by atoms with E-state index in [0.29, 0.717) is 12.6 Å². The van der Waals surface area contributed by atoms with Crippen molar-refractivity contribution in [3.63, 3.8) is 0 Å². The molecule has 0 radical (unpaired) electrons. The Labute approximate surface area is 180 Å². The number of aryl methyl sites for hydroxylation is 1. The molecule has 0 unspecified atom stereocenters. The number of benzene rings is 1. The van der Waals surface area contributed by atoms with Crippen LogP contribution in [0.15, 0.2) is 35.3 Å². The van der Waals surface area contributed by atoms with E-state index in [0.717, 1.165) is 24.2 Å². The third-order valence-corrected chi connectivity index (χ3v) is 7.05. The van der Waals surface area contributed by atoms with Crippen molar-refractivity contribution < 1.29 is 0 Å². The molecular weight excluding hydrogens is 372 g/mol. The molecule has 6 nitrogen and oxygen atoms in total. The van der Waals surface area contributed by atoms with Gasteiger partial charge in [0.2, 0.25) is 0 Å². The second-order valence-electron chi connectivity index (χ2n) is 9.07. The fourth-order valence-electron chi connectivity index (χ4n) is 5.00. The van der Waals surface area contributed by atoms with Crippen molar-refractivity contribution in [1.29, 1.82) is 0 Å². The Morgan fingerprint density at radius 3 is 2.47 bits per heavy atom. The molecule has 1 aromatic carbocycles. The van der Waals surface area contributed by atoms with Gasteiger partial charge in [-0.25, -0.2) is 4.99 Å². The van der Waals surface area contributed by atoms with Gasteiger partial charge in [0.05, 0.1) is 0 Å². The first-order valence-corrected chi connectivity index (χ1v) is 11.6. The molecule has 0 spiro atoms. The molecule has 30 heavy (non-hydrogen) atoms. The normalized spacial score (nSPS) is 19.7. The van der Waals surface area contributed by atoms with Crippen LogP contribution in [0.3, 0.4) is 0 Å². The zero-order chi connectivity index (χ0) is 20.8. The maximum atomic E-state index is 4.92. The van der Waals surface area contributed by atoms with Gasteiger partial charge in [-0.05, 0) is 38.2 Å². The molecular formula is C24H36N6. The Kier molecular flexibility index (Phi) is 6.70. The fraction of sp³-hybridized carbons (Fsp3) is 0.625. The van der Waals surface area contributed by atoms with Crippen molar-refractivity contribution in [2.75, 3.05) is 6.54 Å². The molecule has 2 fully saturated rings. The van der Waals surface area contributed by atoms with Gasteiger partial charge in [0.1, 0.15) is 12.4 Å². The van der Waals surface area contributed by atoms with Gasteiger partial charge in [-0.2, -0.15) is 0 Å².